The van der Waals surface area contributed by atoms with Gasteiger partial charge in [0.2, 0.25) is 0 Å². The molecule has 0 unspecified atom stereocenters. The minimum Gasteiger partial charge on any atom is -0.497 e. The molecule has 0 fully saturated rings. The van der Waals surface area contributed by atoms with E-state index in [1.165, 1.54) is 0 Å². The number of ether oxygens (including phenoxy) is 1. The molecule has 2 aromatic rings. The van der Waals surface area contributed by atoms with E-state index < -0.39 is 0 Å². The molecular formula is C14H19N3O. The Morgan fingerprint density at radius 2 is 2.17 bits per heavy atom. The van der Waals surface area contributed by atoms with Gasteiger partial charge in [0, 0.05) is 23.7 Å². The van der Waals surface area contributed by atoms with E-state index in [2.05, 4.69) is 25.0 Å². The Bertz CT molecular complexity index is 532. The van der Waals surface area contributed by atoms with Crippen LogP contribution in [0, 0.1) is 0 Å². The minimum atomic E-state index is 0.298. The minimum absolute atomic E-state index is 0.298. The molecule has 0 bridgehead atoms. The van der Waals surface area contributed by atoms with E-state index in [9.17, 15) is 0 Å². The van der Waals surface area contributed by atoms with Gasteiger partial charge in [0.25, 0.3) is 0 Å². The van der Waals surface area contributed by atoms with Crippen molar-refractivity contribution in [1.82, 2.24) is 9.78 Å². The van der Waals surface area contributed by atoms with Crippen LogP contribution in [0.5, 0.6) is 5.75 Å². The van der Waals surface area contributed by atoms with E-state index in [-0.39, 0.29) is 0 Å². The maximum atomic E-state index is 5.79. The Morgan fingerprint density at radius 1 is 1.39 bits per heavy atom. The molecule has 4 nitrogen and oxygen atoms in total. The van der Waals surface area contributed by atoms with Crippen LogP contribution in [0.4, 0.5) is 0 Å². The van der Waals surface area contributed by atoms with Crippen molar-refractivity contribution in [3.8, 4) is 17.0 Å². The quantitative estimate of drug-likeness (QED) is 0.900. The summed E-state index contributed by atoms with van der Waals surface area (Å²) in [5.74, 6) is 0.840. The van der Waals surface area contributed by atoms with Gasteiger partial charge in [-0.1, -0.05) is 12.1 Å². The topological polar surface area (TPSA) is 53.1 Å². The number of aromatic nitrogens is 2. The lowest BCUT2D eigenvalue weighted by Crippen LogP contribution is -2.06. The number of rotatable bonds is 4. The van der Waals surface area contributed by atoms with Crippen molar-refractivity contribution in [3.63, 3.8) is 0 Å². The molecule has 0 amide bonds. The van der Waals surface area contributed by atoms with Crippen LogP contribution in [-0.4, -0.2) is 16.9 Å². The lowest BCUT2D eigenvalue weighted by molar-refractivity contribution is 0.415. The first-order valence-electron chi connectivity index (χ1n) is 6.08. The molecule has 0 atom stereocenters. The predicted molar refractivity (Wildman–Crippen MR) is 72.5 cm³/mol. The number of nitrogens with zero attached hydrogens (tertiary/aromatic N) is 2. The van der Waals surface area contributed by atoms with E-state index in [0.29, 0.717) is 12.6 Å². The second kappa shape index (κ2) is 5.23. The first-order valence-corrected chi connectivity index (χ1v) is 6.08. The van der Waals surface area contributed by atoms with Crippen molar-refractivity contribution in [2.45, 2.75) is 26.4 Å². The van der Waals surface area contributed by atoms with Crippen LogP contribution in [0.25, 0.3) is 11.3 Å². The fourth-order valence-corrected chi connectivity index (χ4v) is 2.03. The van der Waals surface area contributed by atoms with Crippen molar-refractivity contribution >= 4 is 0 Å². The second-order valence-electron chi connectivity index (χ2n) is 4.49. The molecule has 0 aliphatic heterocycles. The third kappa shape index (κ3) is 2.24. The van der Waals surface area contributed by atoms with Gasteiger partial charge in [-0.2, -0.15) is 5.10 Å². The summed E-state index contributed by atoms with van der Waals surface area (Å²) >= 11 is 0. The Balaban J connectivity index is 2.57. The summed E-state index contributed by atoms with van der Waals surface area (Å²) in [7, 11) is 1.67. The molecule has 0 spiro atoms. The molecule has 0 aliphatic rings. The molecule has 2 N–H and O–H groups in total. The normalized spacial score (nSPS) is 10.9. The van der Waals surface area contributed by atoms with Crippen molar-refractivity contribution in [3.05, 3.63) is 36.0 Å². The summed E-state index contributed by atoms with van der Waals surface area (Å²) in [6.07, 6.45) is 1.84. The molecular weight excluding hydrogens is 226 g/mol. The maximum absolute atomic E-state index is 5.79. The van der Waals surface area contributed by atoms with Gasteiger partial charge >= 0.3 is 0 Å². The first kappa shape index (κ1) is 12.6. The third-order valence-corrected chi connectivity index (χ3v) is 2.92. The zero-order valence-electron chi connectivity index (χ0n) is 11.1. The zero-order valence-corrected chi connectivity index (χ0v) is 11.1. The summed E-state index contributed by atoms with van der Waals surface area (Å²) in [4.78, 5) is 0. The van der Waals surface area contributed by atoms with Crippen LogP contribution in [0.1, 0.15) is 25.5 Å². The number of hydrogen-bond donors (Lipinski definition) is 1. The van der Waals surface area contributed by atoms with Crippen LogP contribution in [0.2, 0.25) is 0 Å². The second-order valence-corrected chi connectivity index (χ2v) is 4.49. The lowest BCUT2D eigenvalue weighted by atomic mass is 10.1. The van der Waals surface area contributed by atoms with Gasteiger partial charge in [-0.15, -0.1) is 0 Å². The molecule has 0 aliphatic carbocycles. The van der Waals surface area contributed by atoms with Gasteiger partial charge in [0.15, 0.2) is 0 Å². The highest BCUT2D eigenvalue weighted by atomic mass is 16.5. The number of nitrogens with two attached hydrogens (primary N) is 1. The Hall–Kier alpha value is -1.81. The fraction of sp³-hybridized carbons (Fsp3) is 0.357. The molecule has 0 saturated heterocycles. The van der Waals surface area contributed by atoms with Gasteiger partial charge in [0.05, 0.1) is 19.0 Å². The molecule has 2 rings (SSSR count). The molecule has 4 heteroatoms. The van der Waals surface area contributed by atoms with E-state index in [4.69, 9.17) is 10.5 Å². The molecule has 1 heterocycles. The summed E-state index contributed by atoms with van der Waals surface area (Å²) in [5.41, 5.74) is 9.00. The van der Waals surface area contributed by atoms with E-state index >= 15 is 0 Å². The third-order valence-electron chi connectivity index (χ3n) is 2.92. The highest BCUT2D eigenvalue weighted by Gasteiger charge is 2.14. The smallest absolute Gasteiger partial charge is 0.119 e. The highest BCUT2D eigenvalue weighted by molar-refractivity contribution is 5.65. The van der Waals surface area contributed by atoms with E-state index in [1.54, 1.807) is 7.11 Å². The standard InChI is InChI=1S/C14H19N3O/c1-10(2)17-14(12(8-15)9-16-17)11-5-4-6-13(7-11)18-3/h4-7,9-10H,8,15H2,1-3H3. The Kier molecular flexibility index (Phi) is 3.67. The van der Waals surface area contributed by atoms with Crippen molar-refractivity contribution in [1.29, 1.82) is 0 Å². The molecule has 1 aromatic carbocycles. The fourth-order valence-electron chi connectivity index (χ4n) is 2.03. The number of methoxy groups -OCH3 is 1. The van der Waals surface area contributed by atoms with Crippen LogP contribution < -0.4 is 10.5 Å². The molecule has 0 radical (unpaired) electrons. The maximum Gasteiger partial charge on any atom is 0.119 e. The molecule has 1 aromatic heterocycles. The van der Waals surface area contributed by atoms with Crippen molar-refractivity contribution < 1.29 is 4.74 Å². The average molecular weight is 245 g/mol. The number of hydrogen-bond acceptors (Lipinski definition) is 3. The molecule has 18 heavy (non-hydrogen) atoms. The monoisotopic (exact) mass is 245 g/mol. The summed E-state index contributed by atoms with van der Waals surface area (Å²) in [6.45, 7) is 4.70. The van der Waals surface area contributed by atoms with E-state index in [0.717, 1.165) is 22.6 Å². The summed E-state index contributed by atoms with van der Waals surface area (Å²) in [5, 5.41) is 4.41. The summed E-state index contributed by atoms with van der Waals surface area (Å²) < 4.78 is 7.26. The Labute approximate surface area is 107 Å². The first-order chi connectivity index (χ1) is 8.67. The zero-order chi connectivity index (χ0) is 13.1. The van der Waals surface area contributed by atoms with Gasteiger partial charge in [-0.05, 0) is 26.0 Å². The lowest BCUT2D eigenvalue weighted by Gasteiger charge is -2.13. The SMILES string of the molecule is COc1cccc(-c2c(CN)cnn2C(C)C)c1. The van der Waals surface area contributed by atoms with Gasteiger partial charge in [-0.3, -0.25) is 4.68 Å². The average Bonchev–Trinajstić information content (AvgIpc) is 2.82. The Morgan fingerprint density at radius 3 is 2.78 bits per heavy atom. The molecule has 0 saturated carbocycles. The van der Waals surface area contributed by atoms with Crippen LogP contribution >= 0.6 is 0 Å². The van der Waals surface area contributed by atoms with Gasteiger partial charge in [0.1, 0.15) is 5.75 Å². The molecule has 96 valence electrons. The predicted octanol–water partition coefficient (Wildman–Crippen LogP) is 2.60. The van der Waals surface area contributed by atoms with Crippen LogP contribution in [0.3, 0.4) is 0 Å². The van der Waals surface area contributed by atoms with Gasteiger partial charge < -0.3 is 10.5 Å². The highest BCUT2D eigenvalue weighted by Crippen LogP contribution is 2.28. The largest absolute Gasteiger partial charge is 0.497 e. The van der Waals surface area contributed by atoms with Crippen molar-refractivity contribution in [2.75, 3.05) is 7.11 Å². The van der Waals surface area contributed by atoms with Crippen LogP contribution in [-0.2, 0) is 6.54 Å². The van der Waals surface area contributed by atoms with Crippen LogP contribution in [0.15, 0.2) is 30.5 Å². The van der Waals surface area contributed by atoms with Gasteiger partial charge in [-0.25, -0.2) is 0 Å². The van der Waals surface area contributed by atoms with E-state index in [1.807, 2.05) is 29.1 Å². The summed E-state index contributed by atoms with van der Waals surface area (Å²) in [6, 6.07) is 8.27. The van der Waals surface area contributed by atoms with Crippen molar-refractivity contribution in [2.24, 2.45) is 5.73 Å². The number of benzene rings is 1.